The van der Waals surface area contributed by atoms with Crippen LogP contribution in [0.4, 0.5) is 10.2 Å². The van der Waals surface area contributed by atoms with Gasteiger partial charge in [0.15, 0.2) is 5.82 Å². The molecule has 1 aromatic carbocycles. The topological polar surface area (TPSA) is 73.1 Å². The molecule has 0 radical (unpaired) electrons. The lowest BCUT2D eigenvalue weighted by molar-refractivity contribution is 0.285. The van der Waals surface area contributed by atoms with Crippen molar-refractivity contribution in [3.05, 3.63) is 46.4 Å². The smallest absolute Gasteiger partial charge is 0.233 e. The Kier molecular flexibility index (Phi) is 4.06. The van der Waals surface area contributed by atoms with Crippen LogP contribution in [0, 0.1) is 5.82 Å². The Labute approximate surface area is 111 Å². The number of benzene rings is 1. The number of aromatic nitrogens is 2. The summed E-state index contributed by atoms with van der Waals surface area (Å²) in [6.45, 7) is 0.0757. The van der Waals surface area contributed by atoms with Gasteiger partial charge in [-0.25, -0.2) is 20.2 Å². The van der Waals surface area contributed by atoms with Crippen LogP contribution in [0.5, 0.6) is 5.88 Å². The molecule has 5 nitrogen and oxygen atoms in total. The van der Waals surface area contributed by atoms with E-state index < -0.39 is 0 Å². The maximum absolute atomic E-state index is 13.4. The van der Waals surface area contributed by atoms with Crippen LogP contribution in [-0.4, -0.2) is 9.97 Å². The summed E-state index contributed by atoms with van der Waals surface area (Å²) in [5.41, 5.74) is 2.84. The van der Waals surface area contributed by atoms with Crippen molar-refractivity contribution in [3.8, 4) is 5.88 Å². The third-order valence-corrected chi connectivity index (χ3v) is 2.93. The summed E-state index contributed by atoms with van der Waals surface area (Å²) in [5.74, 6) is 5.64. The second kappa shape index (κ2) is 5.74. The second-order valence-corrected chi connectivity index (χ2v) is 4.16. The lowest BCUT2D eigenvalue weighted by Gasteiger charge is -2.09. The number of anilines is 1. The molecule has 1 heterocycles. The highest BCUT2D eigenvalue weighted by Crippen LogP contribution is 2.28. The molecular weight excluding hydrogens is 303 g/mol. The van der Waals surface area contributed by atoms with E-state index in [1.54, 1.807) is 18.2 Å². The Hall–Kier alpha value is -1.73. The quantitative estimate of drug-likeness (QED) is 0.669. The zero-order valence-electron chi connectivity index (χ0n) is 9.23. The first kappa shape index (κ1) is 12.7. The van der Waals surface area contributed by atoms with Crippen molar-refractivity contribution in [3.63, 3.8) is 0 Å². The molecule has 0 unspecified atom stereocenters. The van der Waals surface area contributed by atoms with Crippen LogP contribution in [0.3, 0.4) is 0 Å². The monoisotopic (exact) mass is 312 g/mol. The molecule has 0 bridgehead atoms. The fraction of sp³-hybridized carbons (Fsp3) is 0.0909. The number of nitrogens with one attached hydrogen (secondary N) is 1. The van der Waals surface area contributed by atoms with E-state index in [2.05, 4.69) is 31.3 Å². The van der Waals surface area contributed by atoms with Crippen LogP contribution in [0.15, 0.2) is 35.1 Å². The summed E-state index contributed by atoms with van der Waals surface area (Å²) < 4.78 is 19.3. The lowest BCUT2D eigenvalue weighted by atomic mass is 10.2. The van der Waals surface area contributed by atoms with E-state index >= 15 is 0 Å². The molecule has 2 aromatic rings. The molecule has 0 fully saturated rings. The molecule has 3 N–H and O–H groups in total. The van der Waals surface area contributed by atoms with E-state index in [9.17, 15) is 4.39 Å². The minimum atomic E-state index is -0.320. The van der Waals surface area contributed by atoms with Crippen LogP contribution in [0.25, 0.3) is 0 Å². The first-order valence-corrected chi connectivity index (χ1v) is 5.85. The largest absolute Gasteiger partial charge is 0.472 e. The zero-order valence-corrected chi connectivity index (χ0v) is 10.8. The number of nitrogens with two attached hydrogens (primary N) is 1. The average molecular weight is 313 g/mol. The summed E-state index contributed by atoms with van der Waals surface area (Å²) in [5, 5.41) is 0. The summed E-state index contributed by atoms with van der Waals surface area (Å²) in [6, 6.07) is 6.38. The second-order valence-electron chi connectivity index (χ2n) is 3.37. The number of hydrogen-bond acceptors (Lipinski definition) is 5. The third-order valence-electron chi connectivity index (χ3n) is 2.22. The van der Waals surface area contributed by atoms with Gasteiger partial charge in [0.25, 0.3) is 0 Å². The molecule has 2 rings (SSSR count). The number of hydrogen-bond donors (Lipinski definition) is 2. The highest BCUT2D eigenvalue weighted by atomic mass is 79.9. The Bertz CT molecular complexity index is 552. The molecule has 18 heavy (non-hydrogen) atoms. The average Bonchev–Trinajstić information content (AvgIpc) is 2.39. The van der Waals surface area contributed by atoms with Gasteiger partial charge in [-0.15, -0.1) is 0 Å². The molecule has 0 spiro atoms. The van der Waals surface area contributed by atoms with Crippen LogP contribution in [0.2, 0.25) is 0 Å². The normalized spacial score (nSPS) is 10.2. The highest BCUT2D eigenvalue weighted by molar-refractivity contribution is 9.10. The Morgan fingerprint density at radius 1 is 1.33 bits per heavy atom. The fourth-order valence-corrected chi connectivity index (χ4v) is 1.75. The third kappa shape index (κ3) is 2.74. The fourth-order valence-electron chi connectivity index (χ4n) is 1.32. The number of nitrogen functional groups attached to an aromatic ring is 1. The molecule has 0 amide bonds. The zero-order chi connectivity index (χ0) is 13.0. The van der Waals surface area contributed by atoms with Crippen LogP contribution < -0.4 is 16.0 Å². The molecule has 94 valence electrons. The number of hydrazine groups is 1. The molecule has 0 saturated heterocycles. The van der Waals surface area contributed by atoms with Crippen molar-refractivity contribution in [2.24, 2.45) is 5.84 Å². The van der Waals surface area contributed by atoms with E-state index in [0.717, 1.165) is 0 Å². The first-order chi connectivity index (χ1) is 8.72. The van der Waals surface area contributed by atoms with E-state index in [1.165, 1.54) is 12.4 Å². The van der Waals surface area contributed by atoms with E-state index in [-0.39, 0.29) is 12.4 Å². The molecule has 0 aliphatic rings. The van der Waals surface area contributed by atoms with Gasteiger partial charge in [-0.05, 0) is 22.0 Å². The van der Waals surface area contributed by atoms with Crippen molar-refractivity contribution in [2.45, 2.75) is 6.61 Å². The molecule has 0 aliphatic carbocycles. The van der Waals surface area contributed by atoms with Crippen LogP contribution >= 0.6 is 15.9 Å². The summed E-state index contributed by atoms with van der Waals surface area (Å²) >= 11 is 3.25. The molecular formula is C11H10BrFN4O. The molecule has 0 saturated carbocycles. The maximum atomic E-state index is 13.4. The van der Waals surface area contributed by atoms with Crippen molar-refractivity contribution in [2.75, 3.05) is 5.43 Å². The Morgan fingerprint density at radius 2 is 2.11 bits per heavy atom. The van der Waals surface area contributed by atoms with Gasteiger partial charge >= 0.3 is 0 Å². The predicted molar refractivity (Wildman–Crippen MR) is 68.3 cm³/mol. The van der Waals surface area contributed by atoms with Crippen molar-refractivity contribution >= 4 is 21.7 Å². The van der Waals surface area contributed by atoms with Gasteiger partial charge in [0.2, 0.25) is 5.88 Å². The van der Waals surface area contributed by atoms with Gasteiger partial charge in [0.05, 0.1) is 0 Å². The van der Waals surface area contributed by atoms with Crippen molar-refractivity contribution in [1.82, 2.24) is 9.97 Å². The standard InChI is InChI=1S/C11H10BrFN4O/c12-9-10(17-14)15-6-16-11(9)18-5-7-3-1-2-4-8(7)13/h1-4,6H,5,14H2,(H,15,16,17). The summed E-state index contributed by atoms with van der Waals surface area (Å²) in [6.07, 6.45) is 1.30. The van der Waals surface area contributed by atoms with E-state index in [1.807, 2.05) is 0 Å². The van der Waals surface area contributed by atoms with Crippen LogP contribution in [0.1, 0.15) is 5.56 Å². The first-order valence-electron chi connectivity index (χ1n) is 5.05. The highest BCUT2D eigenvalue weighted by Gasteiger charge is 2.10. The van der Waals surface area contributed by atoms with E-state index in [4.69, 9.17) is 10.6 Å². The van der Waals surface area contributed by atoms with Gasteiger partial charge in [-0.3, -0.25) is 0 Å². The molecule has 0 atom stereocenters. The minimum absolute atomic E-state index is 0.0757. The van der Waals surface area contributed by atoms with Gasteiger partial charge in [-0.1, -0.05) is 18.2 Å². The van der Waals surface area contributed by atoms with Gasteiger partial charge < -0.3 is 10.2 Å². The van der Waals surface area contributed by atoms with Gasteiger partial charge in [0, 0.05) is 5.56 Å². The molecule has 1 aromatic heterocycles. The number of ether oxygens (including phenoxy) is 1. The molecule has 7 heteroatoms. The minimum Gasteiger partial charge on any atom is -0.472 e. The number of rotatable bonds is 4. The maximum Gasteiger partial charge on any atom is 0.233 e. The van der Waals surface area contributed by atoms with Crippen LogP contribution in [-0.2, 0) is 6.61 Å². The summed E-state index contributed by atoms with van der Waals surface area (Å²) in [7, 11) is 0. The van der Waals surface area contributed by atoms with Crippen molar-refractivity contribution < 1.29 is 9.13 Å². The van der Waals surface area contributed by atoms with Gasteiger partial charge in [-0.2, -0.15) is 0 Å². The van der Waals surface area contributed by atoms with Crippen molar-refractivity contribution in [1.29, 1.82) is 0 Å². The van der Waals surface area contributed by atoms with E-state index in [0.29, 0.717) is 21.7 Å². The summed E-state index contributed by atoms with van der Waals surface area (Å²) in [4.78, 5) is 7.82. The SMILES string of the molecule is NNc1ncnc(OCc2ccccc2F)c1Br. The Morgan fingerprint density at radius 3 is 2.83 bits per heavy atom. The Balaban J connectivity index is 2.14. The number of halogens is 2. The predicted octanol–water partition coefficient (Wildman–Crippen LogP) is 2.24. The van der Waals surface area contributed by atoms with Gasteiger partial charge in [0.1, 0.15) is 23.2 Å². The number of nitrogens with zero attached hydrogens (tertiary/aromatic N) is 2. The molecule has 0 aliphatic heterocycles. The lowest BCUT2D eigenvalue weighted by Crippen LogP contribution is -2.10.